The van der Waals surface area contributed by atoms with Crippen molar-refractivity contribution in [1.82, 2.24) is 25.0 Å². The number of hydrogen-bond acceptors (Lipinski definition) is 6. The standard InChI is InChI=1S/C29H35FN6O5/c1-18-12-33(22(14-35(18)28(40)41)13-34-15-24(37)31-11-25(34)38)16-26(39)36-17-29(2,3)27-23(36)9-20(10-32-27)8-19-4-6-21(30)7-5-19/h4-7,9-10,18,22H,8,11-17H2,1-3H3,(H,31,37)(H,40,41)/t18-,22+/m1/s1. The molecule has 41 heavy (non-hydrogen) atoms. The molecule has 218 valence electrons. The van der Waals surface area contributed by atoms with Crippen LogP contribution in [0, 0.1) is 5.82 Å². The van der Waals surface area contributed by atoms with Crippen molar-refractivity contribution >= 4 is 29.5 Å². The molecule has 1 aromatic heterocycles. The number of halogens is 1. The number of carbonyl (C=O) groups is 4. The number of carboxylic acid groups (broad SMARTS) is 1. The summed E-state index contributed by atoms with van der Waals surface area (Å²) in [5.41, 5.74) is 3.00. The Morgan fingerprint density at radius 2 is 1.88 bits per heavy atom. The fraction of sp³-hybridized carbons (Fsp3) is 0.483. The van der Waals surface area contributed by atoms with Crippen LogP contribution in [0.15, 0.2) is 36.5 Å². The van der Waals surface area contributed by atoms with Gasteiger partial charge in [-0.25, -0.2) is 9.18 Å². The molecule has 0 aliphatic carbocycles. The zero-order chi connectivity index (χ0) is 29.5. The fourth-order valence-corrected chi connectivity index (χ4v) is 5.96. The number of piperazine rings is 2. The van der Waals surface area contributed by atoms with Crippen molar-refractivity contribution in [3.8, 4) is 0 Å². The van der Waals surface area contributed by atoms with Gasteiger partial charge in [-0.1, -0.05) is 26.0 Å². The van der Waals surface area contributed by atoms with Gasteiger partial charge in [0, 0.05) is 49.9 Å². The van der Waals surface area contributed by atoms with Crippen molar-refractivity contribution < 1.29 is 28.7 Å². The summed E-state index contributed by atoms with van der Waals surface area (Å²) in [5.74, 6) is -0.969. The van der Waals surface area contributed by atoms with Crippen LogP contribution in [0.4, 0.5) is 14.9 Å². The molecular weight excluding hydrogens is 531 g/mol. The van der Waals surface area contributed by atoms with Crippen molar-refractivity contribution in [2.75, 3.05) is 50.7 Å². The summed E-state index contributed by atoms with van der Waals surface area (Å²) in [6.07, 6.45) is 1.27. The number of benzene rings is 1. The molecule has 2 aromatic rings. The fourth-order valence-electron chi connectivity index (χ4n) is 5.96. The summed E-state index contributed by atoms with van der Waals surface area (Å²) in [6.45, 7) is 6.69. The third kappa shape index (κ3) is 6.02. The number of hydrogen-bond donors (Lipinski definition) is 2. The average Bonchev–Trinajstić information content (AvgIpc) is 3.18. The van der Waals surface area contributed by atoms with Crippen LogP contribution in [0.2, 0.25) is 0 Å². The number of anilines is 1. The monoisotopic (exact) mass is 566 g/mol. The van der Waals surface area contributed by atoms with Crippen molar-refractivity contribution in [2.45, 2.75) is 44.7 Å². The van der Waals surface area contributed by atoms with E-state index >= 15 is 0 Å². The molecular formula is C29H35FN6O5. The van der Waals surface area contributed by atoms with E-state index in [1.165, 1.54) is 21.9 Å². The van der Waals surface area contributed by atoms with Gasteiger partial charge in [0.1, 0.15) is 5.82 Å². The minimum Gasteiger partial charge on any atom is -0.465 e. The zero-order valence-corrected chi connectivity index (χ0v) is 23.5. The predicted octanol–water partition coefficient (Wildman–Crippen LogP) is 1.45. The van der Waals surface area contributed by atoms with Crippen LogP contribution in [-0.2, 0) is 26.2 Å². The first-order chi connectivity index (χ1) is 19.4. The van der Waals surface area contributed by atoms with E-state index in [2.05, 4.69) is 5.32 Å². The highest BCUT2D eigenvalue weighted by Crippen LogP contribution is 2.40. The highest BCUT2D eigenvalue weighted by Gasteiger charge is 2.42. The summed E-state index contributed by atoms with van der Waals surface area (Å²) in [4.78, 5) is 61.4. The molecule has 2 atom stereocenters. The lowest BCUT2D eigenvalue weighted by Gasteiger charge is -2.45. The van der Waals surface area contributed by atoms with Gasteiger partial charge < -0.3 is 25.1 Å². The molecule has 2 saturated heterocycles. The third-order valence-electron chi connectivity index (χ3n) is 8.13. The number of fused-ring (bicyclic) bond motifs is 1. The van der Waals surface area contributed by atoms with E-state index in [1.807, 2.05) is 24.8 Å². The molecule has 0 unspecified atom stereocenters. The minimum absolute atomic E-state index is 0.0222. The van der Waals surface area contributed by atoms with E-state index in [1.54, 1.807) is 30.2 Å². The summed E-state index contributed by atoms with van der Waals surface area (Å²) >= 11 is 0. The average molecular weight is 567 g/mol. The van der Waals surface area contributed by atoms with Crippen LogP contribution in [-0.4, -0.2) is 107 Å². The molecule has 4 amide bonds. The lowest BCUT2D eigenvalue weighted by atomic mass is 9.91. The van der Waals surface area contributed by atoms with E-state index < -0.39 is 12.1 Å². The molecule has 0 spiro atoms. The summed E-state index contributed by atoms with van der Waals surface area (Å²) in [6, 6.07) is 7.43. The van der Waals surface area contributed by atoms with Gasteiger partial charge >= 0.3 is 6.09 Å². The third-order valence-corrected chi connectivity index (χ3v) is 8.13. The van der Waals surface area contributed by atoms with Gasteiger partial charge in [-0.3, -0.25) is 24.3 Å². The first kappa shape index (κ1) is 28.5. The van der Waals surface area contributed by atoms with Gasteiger partial charge in [0.05, 0.1) is 31.0 Å². The topological polar surface area (TPSA) is 126 Å². The molecule has 1 aromatic carbocycles. The lowest BCUT2D eigenvalue weighted by molar-refractivity contribution is -0.141. The van der Waals surface area contributed by atoms with Gasteiger partial charge in [-0.15, -0.1) is 0 Å². The number of rotatable bonds is 6. The predicted molar refractivity (Wildman–Crippen MR) is 148 cm³/mol. The SMILES string of the molecule is C[C@@H]1CN(CC(=O)N2CC(C)(C)c3ncc(Cc4ccc(F)cc4)cc32)[C@@H](CN2CC(=O)NCC2=O)CN1C(=O)O. The van der Waals surface area contributed by atoms with E-state index in [-0.39, 0.29) is 67.7 Å². The van der Waals surface area contributed by atoms with Gasteiger partial charge in [-0.05, 0) is 42.7 Å². The Kier molecular flexibility index (Phi) is 7.69. The lowest BCUT2D eigenvalue weighted by Crippen LogP contribution is -2.64. The molecule has 2 N–H and O–H groups in total. The van der Waals surface area contributed by atoms with Gasteiger partial charge in [0.15, 0.2) is 0 Å². The van der Waals surface area contributed by atoms with Crippen LogP contribution >= 0.6 is 0 Å². The van der Waals surface area contributed by atoms with E-state index in [0.29, 0.717) is 19.5 Å². The van der Waals surface area contributed by atoms with Crippen LogP contribution in [0.3, 0.4) is 0 Å². The highest BCUT2D eigenvalue weighted by molar-refractivity contribution is 5.97. The molecule has 0 radical (unpaired) electrons. The maximum absolute atomic E-state index is 13.9. The Morgan fingerprint density at radius 3 is 2.59 bits per heavy atom. The first-order valence-corrected chi connectivity index (χ1v) is 13.7. The van der Waals surface area contributed by atoms with E-state index in [9.17, 15) is 28.7 Å². The molecule has 3 aliphatic heterocycles. The maximum Gasteiger partial charge on any atom is 0.407 e. The summed E-state index contributed by atoms with van der Waals surface area (Å²) in [5, 5.41) is 12.3. The van der Waals surface area contributed by atoms with Gasteiger partial charge in [0.25, 0.3) is 0 Å². The number of aromatic nitrogens is 1. The second-order valence-corrected chi connectivity index (χ2v) is 11.8. The Balaban J connectivity index is 1.37. The molecule has 4 heterocycles. The molecule has 5 rings (SSSR count). The van der Waals surface area contributed by atoms with Crippen molar-refractivity contribution in [2.24, 2.45) is 0 Å². The Morgan fingerprint density at radius 1 is 1.15 bits per heavy atom. The van der Waals surface area contributed by atoms with Crippen molar-refractivity contribution in [1.29, 1.82) is 0 Å². The van der Waals surface area contributed by atoms with Crippen molar-refractivity contribution in [3.63, 3.8) is 0 Å². The molecule has 12 heteroatoms. The molecule has 3 aliphatic rings. The van der Waals surface area contributed by atoms with Crippen LogP contribution in [0.5, 0.6) is 0 Å². The number of nitrogens with zero attached hydrogens (tertiary/aromatic N) is 5. The Bertz CT molecular complexity index is 1370. The molecule has 2 fully saturated rings. The normalized spacial score (nSPS) is 22.5. The zero-order valence-electron chi connectivity index (χ0n) is 23.5. The Labute approximate surface area is 237 Å². The van der Waals surface area contributed by atoms with E-state index in [0.717, 1.165) is 22.5 Å². The Hall–Kier alpha value is -4.06. The van der Waals surface area contributed by atoms with Crippen LogP contribution < -0.4 is 10.2 Å². The van der Waals surface area contributed by atoms with Gasteiger partial charge in [-0.2, -0.15) is 0 Å². The number of carbonyl (C=O) groups excluding carboxylic acids is 3. The second kappa shape index (κ2) is 11.1. The summed E-state index contributed by atoms with van der Waals surface area (Å²) < 4.78 is 13.4. The largest absolute Gasteiger partial charge is 0.465 e. The van der Waals surface area contributed by atoms with Gasteiger partial charge in [0.2, 0.25) is 17.7 Å². The summed E-state index contributed by atoms with van der Waals surface area (Å²) in [7, 11) is 0. The highest BCUT2D eigenvalue weighted by atomic mass is 19.1. The first-order valence-electron chi connectivity index (χ1n) is 13.7. The van der Waals surface area contributed by atoms with Crippen LogP contribution in [0.1, 0.15) is 37.6 Å². The maximum atomic E-state index is 13.9. The minimum atomic E-state index is -1.06. The van der Waals surface area contributed by atoms with Crippen LogP contribution in [0.25, 0.3) is 0 Å². The smallest absolute Gasteiger partial charge is 0.407 e. The number of nitrogens with one attached hydrogen (secondary N) is 1. The molecule has 0 bridgehead atoms. The molecule has 0 saturated carbocycles. The van der Waals surface area contributed by atoms with Crippen molar-refractivity contribution in [3.05, 3.63) is 59.2 Å². The quantitative estimate of drug-likeness (QED) is 0.542. The molecule has 11 nitrogen and oxygen atoms in total. The number of pyridine rings is 1. The number of amides is 4. The van der Waals surface area contributed by atoms with E-state index in [4.69, 9.17) is 4.98 Å². The second-order valence-electron chi connectivity index (χ2n) is 11.8.